The maximum atomic E-state index is 13.1. The summed E-state index contributed by atoms with van der Waals surface area (Å²) >= 11 is 0. The number of rotatable bonds is 1. The molecule has 3 fully saturated rings. The number of hydrogen-bond acceptors (Lipinski definition) is 5. The van der Waals surface area contributed by atoms with Gasteiger partial charge in [-0.25, -0.2) is 9.97 Å². The van der Waals surface area contributed by atoms with E-state index in [4.69, 9.17) is 4.74 Å². The standard InChI is InChI=1S/C16H20N4O3/c1-10-14(11(2)18-9-17-10)15(22)19-6-4-16-12(19)8-13(21)20(16)5-3-7-23-16/h9,12H,3-8H2,1-2H3/t12-,16+/m1/s1. The van der Waals surface area contributed by atoms with Crippen molar-refractivity contribution in [1.29, 1.82) is 0 Å². The van der Waals surface area contributed by atoms with Crippen LogP contribution in [0.3, 0.4) is 0 Å². The van der Waals surface area contributed by atoms with Gasteiger partial charge in [0.25, 0.3) is 5.91 Å². The lowest BCUT2D eigenvalue weighted by Gasteiger charge is -2.42. The number of aromatic nitrogens is 2. The Kier molecular flexibility index (Phi) is 3.16. The number of amides is 2. The summed E-state index contributed by atoms with van der Waals surface area (Å²) < 4.78 is 6.04. The summed E-state index contributed by atoms with van der Waals surface area (Å²) in [6.07, 6.45) is 3.36. The van der Waals surface area contributed by atoms with Gasteiger partial charge in [-0.15, -0.1) is 0 Å². The maximum Gasteiger partial charge on any atom is 0.257 e. The Morgan fingerprint density at radius 1 is 1.30 bits per heavy atom. The largest absolute Gasteiger partial charge is 0.353 e. The number of aryl methyl sites for hydroxylation is 2. The van der Waals surface area contributed by atoms with Crippen LogP contribution in [0.4, 0.5) is 0 Å². The van der Waals surface area contributed by atoms with Gasteiger partial charge in [0, 0.05) is 19.5 Å². The van der Waals surface area contributed by atoms with Crippen molar-refractivity contribution in [3.8, 4) is 0 Å². The maximum absolute atomic E-state index is 13.1. The molecule has 0 aliphatic carbocycles. The summed E-state index contributed by atoms with van der Waals surface area (Å²) in [5.74, 6) is -0.00347. The molecule has 4 heterocycles. The zero-order valence-electron chi connectivity index (χ0n) is 13.4. The number of carbonyl (C=O) groups is 2. The third kappa shape index (κ3) is 1.92. The van der Waals surface area contributed by atoms with Crippen LogP contribution in [-0.4, -0.2) is 63.0 Å². The first-order valence-corrected chi connectivity index (χ1v) is 8.08. The first kappa shape index (κ1) is 14.6. The molecule has 1 aromatic rings. The molecule has 1 aromatic heterocycles. The Hall–Kier alpha value is -2.02. The third-order valence-corrected chi connectivity index (χ3v) is 5.31. The Labute approximate surface area is 134 Å². The van der Waals surface area contributed by atoms with Crippen molar-refractivity contribution in [2.24, 2.45) is 0 Å². The normalized spacial score (nSPS) is 29.7. The highest BCUT2D eigenvalue weighted by molar-refractivity contribution is 5.97. The molecule has 0 unspecified atom stereocenters. The minimum atomic E-state index is -0.609. The van der Waals surface area contributed by atoms with Crippen molar-refractivity contribution < 1.29 is 14.3 Å². The zero-order chi connectivity index (χ0) is 16.2. The lowest BCUT2D eigenvalue weighted by molar-refractivity contribution is -0.179. The summed E-state index contributed by atoms with van der Waals surface area (Å²) in [6.45, 7) is 5.60. The molecule has 23 heavy (non-hydrogen) atoms. The van der Waals surface area contributed by atoms with Gasteiger partial charge in [-0.1, -0.05) is 0 Å². The molecule has 1 spiro atoms. The Morgan fingerprint density at radius 3 is 2.78 bits per heavy atom. The zero-order valence-corrected chi connectivity index (χ0v) is 13.4. The van der Waals surface area contributed by atoms with Crippen LogP contribution in [0.1, 0.15) is 41.0 Å². The van der Waals surface area contributed by atoms with Gasteiger partial charge in [-0.2, -0.15) is 0 Å². The van der Waals surface area contributed by atoms with Gasteiger partial charge in [0.15, 0.2) is 5.72 Å². The van der Waals surface area contributed by atoms with Crippen molar-refractivity contribution in [3.05, 3.63) is 23.3 Å². The first-order chi connectivity index (χ1) is 11.0. The van der Waals surface area contributed by atoms with Crippen LogP contribution in [0.5, 0.6) is 0 Å². The molecule has 122 valence electrons. The topological polar surface area (TPSA) is 75.6 Å². The van der Waals surface area contributed by atoms with Gasteiger partial charge in [-0.05, 0) is 20.3 Å². The van der Waals surface area contributed by atoms with Crippen LogP contribution in [0.2, 0.25) is 0 Å². The summed E-state index contributed by atoms with van der Waals surface area (Å²) in [5, 5.41) is 0. The van der Waals surface area contributed by atoms with Crippen molar-refractivity contribution >= 4 is 11.8 Å². The Bertz CT molecular complexity index is 672. The lowest BCUT2D eigenvalue weighted by Crippen LogP contribution is -2.56. The molecular weight excluding hydrogens is 296 g/mol. The van der Waals surface area contributed by atoms with E-state index in [-0.39, 0.29) is 17.9 Å². The van der Waals surface area contributed by atoms with Crippen LogP contribution < -0.4 is 0 Å². The number of likely N-dealkylation sites (tertiary alicyclic amines) is 1. The second kappa shape index (κ2) is 4.99. The van der Waals surface area contributed by atoms with E-state index in [9.17, 15) is 9.59 Å². The van der Waals surface area contributed by atoms with E-state index >= 15 is 0 Å². The van der Waals surface area contributed by atoms with Gasteiger partial charge in [0.2, 0.25) is 5.91 Å². The predicted molar refractivity (Wildman–Crippen MR) is 80.6 cm³/mol. The summed E-state index contributed by atoms with van der Waals surface area (Å²) in [7, 11) is 0. The SMILES string of the molecule is Cc1ncnc(C)c1C(=O)N1CC[C@@]23OCCCN2C(=O)C[C@@H]13. The second-order valence-electron chi connectivity index (χ2n) is 6.48. The molecule has 4 rings (SSSR count). The van der Waals surface area contributed by atoms with Crippen molar-refractivity contribution in [3.63, 3.8) is 0 Å². The Morgan fingerprint density at radius 2 is 2.04 bits per heavy atom. The highest BCUT2D eigenvalue weighted by atomic mass is 16.5. The fourth-order valence-electron chi connectivity index (χ4n) is 4.24. The molecule has 3 aliphatic heterocycles. The van der Waals surface area contributed by atoms with Gasteiger partial charge in [-0.3, -0.25) is 9.59 Å². The molecular formula is C16H20N4O3. The fraction of sp³-hybridized carbons (Fsp3) is 0.625. The number of carbonyl (C=O) groups excluding carboxylic acids is 2. The third-order valence-electron chi connectivity index (χ3n) is 5.31. The van der Waals surface area contributed by atoms with E-state index in [0.29, 0.717) is 42.9 Å². The van der Waals surface area contributed by atoms with Gasteiger partial charge in [0.1, 0.15) is 6.33 Å². The molecule has 0 saturated carbocycles. The number of ether oxygens (including phenoxy) is 1. The molecule has 7 heteroatoms. The van der Waals surface area contributed by atoms with Gasteiger partial charge in [0.05, 0.1) is 36.0 Å². The molecule has 0 radical (unpaired) electrons. The predicted octanol–water partition coefficient (Wildman–Crippen LogP) is 0.657. The van der Waals surface area contributed by atoms with E-state index < -0.39 is 5.72 Å². The summed E-state index contributed by atoms with van der Waals surface area (Å²) in [4.78, 5) is 37.3. The average molecular weight is 316 g/mol. The minimum absolute atomic E-state index is 0.0879. The van der Waals surface area contributed by atoms with E-state index in [1.165, 1.54) is 6.33 Å². The fourth-order valence-corrected chi connectivity index (χ4v) is 4.24. The van der Waals surface area contributed by atoms with Crippen LogP contribution in [-0.2, 0) is 9.53 Å². The quantitative estimate of drug-likeness (QED) is 0.761. The minimum Gasteiger partial charge on any atom is -0.353 e. The van der Waals surface area contributed by atoms with Crippen LogP contribution in [0, 0.1) is 13.8 Å². The number of nitrogens with zero attached hydrogens (tertiary/aromatic N) is 4. The molecule has 2 amide bonds. The van der Waals surface area contributed by atoms with Gasteiger partial charge >= 0.3 is 0 Å². The Balaban J connectivity index is 1.69. The van der Waals surface area contributed by atoms with Crippen LogP contribution in [0.15, 0.2) is 6.33 Å². The lowest BCUT2D eigenvalue weighted by atomic mass is 10.0. The van der Waals surface area contributed by atoms with Crippen molar-refractivity contribution in [2.45, 2.75) is 44.9 Å². The smallest absolute Gasteiger partial charge is 0.257 e. The molecule has 0 aromatic carbocycles. The average Bonchev–Trinajstić information content (AvgIpc) is 2.99. The molecule has 7 nitrogen and oxygen atoms in total. The molecule has 3 saturated heterocycles. The monoisotopic (exact) mass is 316 g/mol. The molecule has 0 N–H and O–H groups in total. The first-order valence-electron chi connectivity index (χ1n) is 8.08. The van der Waals surface area contributed by atoms with E-state index in [1.807, 2.05) is 18.7 Å². The van der Waals surface area contributed by atoms with E-state index in [0.717, 1.165) is 13.0 Å². The molecule has 2 atom stereocenters. The summed E-state index contributed by atoms with van der Waals surface area (Å²) in [6, 6.07) is -0.207. The summed E-state index contributed by atoms with van der Waals surface area (Å²) in [5.41, 5.74) is 1.29. The highest BCUT2D eigenvalue weighted by Gasteiger charge is 2.61. The van der Waals surface area contributed by atoms with Crippen LogP contribution in [0.25, 0.3) is 0 Å². The molecule has 0 bridgehead atoms. The van der Waals surface area contributed by atoms with Crippen molar-refractivity contribution in [2.75, 3.05) is 19.7 Å². The number of hydrogen-bond donors (Lipinski definition) is 0. The molecule has 3 aliphatic rings. The van der Waals surface area contributed by atoms with E-state index in [1.54, 1.807) is 4.90 Å². The van der Waals surface area contributed by atoms with Gasteiger partial charge < -0.3 is 14.5 Å². The highest BCUT2D eigenvalue weighted by Crippen LogP contribution is 2.45. The van der Waals surface area contributed by atoms with Crippen LogP contribution >= 0.6 is 0 Å². The second-order valence-corrected chi connectivity index (χ2v) is 6.48. The van der Waals surface area contributed by atoms with Crippen molar-refractivity contribution in [1.82, 2.24) is 19.8 Å². The van der Waals surface area contributed by atoms with E-state index in [2.05, 4.69) is 9.97 Å².